The summed E-state index contributed by atoms with van der Waals surface area (Å²) >= 11 is 0. The molecule has 3 heterocycles. The summed E-state index contributed by atoms with van der Waals surface area (Å²) in [5, 5.41) is 8.26. The van der Waals surface area contributed by atoms with Gasteiger partial charge >= 0.3 is 0 Å². The summed E-state index contributed by atoms with van der Waals surface area (Å²) in [6.45, 7) is 6.03. The van der Waals surface area contributed by atoms with E-state index >= 15 is 0 Å². The van der Waals surface area contributed by atoms with Crippen LogP contribution in [0.5, 0.6) is 0 Å². The molecule has 1 aliphatic heterocycles. The summed E-state index contributed by atoms with van der Waals surface area (Å²) in [7, 11) is 0. The average Bonchev–Trinajstić information content (AvgIpc) is 3.32. The van der Waals surface area contributed by atoms with Gasteiger partial charge in [0.05, 0.1) is 24.8 Å². The molecule has 8 heteroatoms. The highest BCUT2D eigenvalue weighted by atomic mass is 16.5. The van der Waals surface area contributed by atoms with E-state index in [1.807, 2.05) is 41.4 Å². The zero-order valence-corrected chi connectivity index (χ0v) is 15.3. The monoisotopic (exact) mass is 366 g/mol. The van der Waals surface area contributed by atoms with E-state index in [9.17, 15) is 4.79 Å². The zero-order chi connectivity index (χ0) is 18.6. The van der Waals surface area contributed by atoms with Crippen molar-refractivity contribution in [3.05, 3.63) is 65.6 Å². The van der Waals surface area contributed by atoms with E-state index in [4.69, 9.17) is 4.52 Å². The largest absolute Gasteiger partial charge is 0.340 e. The van der Waals surface area contributed by atoms with Crippen LogP contribution in [0.1, 0.15) is 27.6 Å². The molecule has 0 unspecified atom stereocenters. The second-order valence-corrected chi connectivity index (χ2v) is 6.71. The first kappa shape index (κ1) is 17.4. The highest BCUT2D eigenvalue weighted by molar-refractivity contribution is 5.93. The average molecular weight is 366 g/mol. The second kappa shape index (κ2) is 7.71. The Balaban J connectivity index is 1.31. The van der Waals surface area contributed by atoms with Crippen LogP contribution in [0, 0.1) is 6.92 Å². The van der Waals surface area contributed by atoms with Gasteiger partial charge in [0.25, 0.3) is 5.91 Å². The van der Waals surface area contributed by atoms with Gasteiger partial charge in [-0.1, -0.05) is 35.5 Å². The van der Waals surface area contributed by atoms with E-state index in [1.165, 1.54) is 0 Å². The number of hydrogen-bond donors (Lipinski definition) is 0. The van der Waals surface area contributed by atoms with Gasteiger partial charge in [-0.05, 0) is 5.56 Å². The molecule has 1 aromatic carbocycles. The van der Waals surface area contributed by atoms with Crippen molar-refractivity contribution >= 4 is 5.91 Å². The molecule has 3 aromatic rings. The highest BCUT2D eigenvalue weighted by Crippen LogP contribution is 2.11. The Labute approximate surface area is 157 Å². The fourth-order valence-corrected chi connectivity index (χ4v) is 3.23. The Morgan fingerprint density at radius 2 is 1.89 bits per heavy atom. The number of aromatic nitrogens is 4. The molecule has 1 saturated heterocycles. The van der Waals surface area contributed by atoms with Gasteiger partial charge in [-0.2, -0.15) is 10.1 Å². The molecule has 1 aliphatic rings. The van der Waals surface area contributed by atoms with Crippen molar-refractivity contribution in [3.8, 4) is 0 Å². The predicted molar refractivity (Wildman–Crippen MR) is 98.0 cm³/mol. The van der Waals surface area contributed by atoms with Gasteiger partial charge in [-0.25, -0.2) is 0 Å². The Bertz CT molecular complexity index is 896. The zero-order valence-electron chi connectivity index (χ0n) is 15.3. The molecule has 1 fully saturated rings. The lowest BCUT2D eigenvalue weighted by Gasteiger charge is -2.33. The first-order chi connectivity index (χ1) is 13.2. The molecule has 0 saturated carbocycles. The molecule has 4 rings (SSSR count). The SMILES string of the molecule is Cc1nc(CN2CCN(C(=O)c3cnn(Cc4ccccc4)c3)CC2)no1. The maximum Gasteiger partial charge on any atom is 0.257 e. The Hall–Kier alpha value is -3.00. The lowest BCUT2D eigenvalue weighted by molar-refractivity contribution is 0.0624. The van der Waals surface area contributed by atoms with Gasteiger partial charge < -0.3 is 9.42 Å². The van der Waals surface area contributed by atoms with Gasteiger partial charge in [-0.3, -0.25) is 14.4 Å². The third-order valence-corrected chi connectivity index (χ3v) is 4.66. The number of amides is 1. The summed E-state index contributed by atoms with van der Waals surface area (Å²) in [5.74, 6) is 1.30. The highest BCUT2D eigenvalue weighted by Gasteiger charge is 2.24. The number of hydrogen-bond acceptors (Lipinski definition) is 6. The van der Waals surface area contributed by atoms with Gasteiger partial charge in [0.15, 0.2) is 5.82 Å². The van der Waals surface area contributed by atoms with Gasteiger partial charge in [-0.15, -0.1) is 0 Å². The van der Waals surface area contributed by atoms with Gasteiger partial charge in [0.2, 0.25) is 5.89 Å². The normalized spacial score (nSPS) is 15.2. The molecule has 0 atom stereocenters. The molecule has 0 radical (unpaired) electrons. The molecule has 0 aliphatic carbocycles. The number of benzene rings is 1. The number of nitrogens with zero attached hydrogens (tertiary/aromatic N) is 6. The fourth-order valence-electron chi connectivity index (χ4n) is 3.23. The molecule has 140 valence electrons. The van der Waals surface area contributed by atoms with Crippen LogP contribution in [0.25, 0.3) is 0 Å². The Morgan fingerprint density at radius 1 is 1.11 bits per heavy atom. The summed E-state index contributed by atoms with van der Waals surface area (Å²) in [6, 6.07) is 10.1. The number of piperazine rings is 1. The molecule has 27 heavy (non-hydrogen) atoms. The summed E-state index contributed by atoms with van der Waals surface area (Å²) in [6.07, 6.45) is 3.48. The maximum absolute atomic E-state index is 12.7. The van der Waals surface area contributed by atoms with E-state index in [0.717, 1.165) is 18.7 Å². The van der Waals surface area contributed by atoms with Crippen molar-refractivity contribution in [3.63, 3.8) is 0 Å². The number of carbonyl (C=O) groups excluding carboxylic acids is 1. The first-order valence-electron chi connectivity index (χ1n) is 9.04. The smallest absolute Gasteiger partial charge is 0.257 e. The Morgan fingerprint density at radius 3 is 2.59 bits per heavy atom. The molecule has 1 amide bonds. The lowest BCUT2D eigenvalue weighted by atomic mass is 10.2. The standard InChI is InChI=1S/C19H22N6O2/c1-15-21-18(22-27-15)14-23-7-9-24(10-8-23)19(26)17-11-20-25(13-17)12-16-5-3-2-4-6-16/h2-6,11,13H,7-10,12,14H2,1H3. The number of rotatable bonds is 5. The molecule has 2 aromatic heterocycles. The van der Waals surface area contributed by atoms with Crippen LogP contribution in [-0.4, -0.2) is 61.8 Å². The number of carbonyl (C=O) groups is 1. The molecule has 0 bridgehead atoms. The molecular formula is C19H22N6O2. The van der Waals surface area contributed by atoms with Gasteiger partial charge in [0.1, 0.15) is 0 Å². The van der Waals surface area contributed by atoms with Crippen molar-refractivity contribution < 1.29 is 9.32 Å². The van der Waals surface area contributed by atoms with Crippen molar-refractivity contribution in [2.45, 2.75) is 20.0 Å². The van der Waals surface area contributed by atoms with E-state index in [0.29, 0.717) is 43.5 Å². The van der Waals surface area contributed by atoms with E-state index in [-0.39, 0.29) is 5.91 Å². The predicted octanol–water partition coefficient (Wildman–Crippen LogP) is 1.58. The number of aryl methyl sites for hydroxylation is 1. The second-order valence-electron chi connectivity index (χ2n) is 6.71. The molecule has 0 N–H and O–H groups in total. The third-order valence-electron chi connectivity index (χ3n) is 4.66. The minimum atomic E-state index is 0.0318. The lowest BCUT2D eigenvalue weighted by Crippen LogP contribution is -2.48. The minimum absolute atomic E-state index is 0.0318. The summed E-state index contributed by atoms with van der Waals surface area (Å²) in [5.41, 5.74) is 1.79. The van der Waals surface area contributed by atoms with Crippen LogP contribution in [0.3, 0.4) is 0 Å². The molecular weight excluding hydrogens is 344 g/mol. The van der Waals surface area contributed by atoms with Crippen LogP contribution in [0.15, 0.2) is 47.2 Å². The van der Waals surface area contributed by atoms with Crippen LogP contribution in [0.2, 0.25) is 0 Å². The minimum Gasteiger partial charge on any atom is -0.340 e. The maximum atomic E-state index is 12.7. The van der Waals surface area contributed by atoms with Crippen molar-refractivity contribution in [1.82, 2.24) is 29.7 Å². The molecule has 0 spiro atoms. The summed E-state index contributed by atoms with van der Waals surface area (Å²) in [4.78, 5) is 21.1. The fraction of sp³-hybridized carbons (Fsp3) is 0.368. The first-order valence-corrected chi connectivity index (χ1v) is 9.04. The molecule has 8 nitrogen and oxygen atoms in total. The van der Waals surface area contributed by atoms with Crippen molar-refractivity contribution in [1.29, 1.82) is 0 Å². The van der Waals surface area contributed by atoms with Crippen LogP contribution in [0.4, 0.5) is 0 Å². The van der Waals surface area contributed by atoms with Crippen molar-refractivity contribution in [2.24, 2.45) is 0 Å². The van der Waals surface area contributed by atoms with Crippen LogP contribution < -0.4 is 0 Å². The van der Waals surface area contributed by atoms with E-state index in [2.05, 4.69) is 20.1 Å². The topological polar surface area (TPSA) is 80.3 Å². The van der Waals surface area contributed by atoms with Crippen molar-refractivity contribution in [2.75, 3.05) is 26.2 Å². The third kappa shape index (κ3) is 4.22. The summed E-state index contributed by atoms with van der Waals surface area (Å²) < 4.78 is 6.81. The Kier molecular flexibility index (Phi) is 4.97. The van der Waals surface area contributed by atoms with Crippen LogP contribution >= 0.6 is 0 Å². The van der Waals surface area contributed by atoms with Gasteiger partial charge in [0, 0.05) is 39.3 Å². The quantitative estimate of drug-likeness (QED) is 0.682. The van der Waals surface area contributed by atoms with E-state index < -0.39 is 0 Å². The van der Waals surface area contributed by atoms with Crippen LogP contribution in [-0.2, 0) is 13.1 Å². The van der Waals surface area contributed by atoms with E-state index in [1.54, 1.807) is 17.8 Å².